The lowest BCUT2D eigenvalue weighted by Gasteiger charge is -2.69. The second-order valence-corrected chi connectivity index (χ2v) is 11.0. The molecule has 5 heteroatoms. The fraction of sp³-hybridized carbons (Fsp3) is 1.00. The predicted molar refractivity (Wildman–Crippen MR) is 95.1 cm³/mol. The Morgan fingerprint density at radius 1 is 0.962 bits per heavy atom. The third-order valence-electron chi connectivity index (χ3n) is 9.31. The lowest BCUT2D eigenvalue weighted by Crippen LogP contribution is -2.80. The molecule has 1 spiro atoms. The molecule has 3 saturated carbocycles. The summed E-state index contributed by atoms with van der Waals surface area (Å²) in [5, 5.41) is 45.3. The van der Waals surface area contributed by atoms with E-state index in [0.29, 0.717) is 6.42 Å². The summed E-state index contributed by atoms with van der Waals surface area (Å²) >= 11 is 0. The first kappa shape index (κ1) is 17.9. The van der Waals surface area contributed by atoms with Crippen LogP contribution in [0.2, 0.25) is 0 Å². The Morgan fingerprint density at radius 3 is 2.31 bits per heavy atom. The number of aliphatic hydroxyl groups excluding tert-OH is 3. The lowest BCUT2D eigenvalue weighted by atomic mass is 9.37. The number of rotatable bonds is 1. The molecule has 26 heavy (non-hydrogen) atoms. The lowest BCUT2D eigenvalue weighted by molar-refractivity contribution is -0.349. The fourth-order valence-electron chi connectivity index (χ4n) is 8.52. The van der Waals surface area contributed by atoms with E-state index in [4.69, 9.17) is 4.74 Å². The summed E-state index contributed by atoms with van der Waals surface area (Å²) in [5.41, 5.74) is -1.54. The van der Waals surface area contributed by atoms with Crippen molar-refractivity contribution < 1.29 is 25.2 Å². The average Bonchev–Trinajstić information content (AvgIpc) is 2.76. The van der Waals surface area contributed by atoms with Crippen LogP contribution in [0, 0.1) is 40.4 Å². The molecule has 5 nitrogen and oxygen atoms in total. The summed E-state index contributed by atoms with van der Waals surface area (Å²) in [6.07, 6.45) is 0.441. The van der Waals surface area contributed by atoms with E-state index < -0.39 is 29.8 Å². The molecule has 5 fully saturated rings. The van der Waals surface area contributed by atoms with Crippen LogP contribution in [-0.2, 0) is 4.74 Å². The second kappa shape index (κ2) is 5.04. The maximum atomic E-state index is 11.8. The van der Waals surface area contributed by atoms with Gasteiger partial charge in [0.1, 0.15) is 5.60 Å². The standard InChI is InChI=1S/C21H34O5/c1-9(2)10-8-11-13(23)15-17-19(3,4)6-5-7-20(17)16(14(24)12(10)22)21(11,25)18(20)26-15/h9-18,22-25H,5-8H2,1-4H3/t10?,11?,12?,13-,14?,15+,16?,17-,18?,20-,21?/m0/s1. The maximum absolute atomic E-state index is 11.8. The molecule has 0 radical (unpaired) electrons. The smallest absolute Gasteiger partial charge is 0.103 e. The highest BCUT2D eigenvalue weighted by molar-refractivity contribution is 5.35. The van der Waals surface area contributed by atoms with Gasteiger partial charge in [0.05, 0.1) is 30.5 Å². The maximum Gasteiger partial charge on any atom is 0.103 e. The van der Waals surface area contributed by atoms with Gasteiger partial charge in [-0.2, -0.15) is 0 Å². The minimum atomic E-state index is -1.22. The molecule has 11 atom stereocenters. The van der Waals surface area contributed by atoms with Gasteiger partial charge < -0.3 is 25.2 Å². The molecule has 5 rings (SSSR count). The molecule has 0 aromatic carbocycles. The summed E-state index contributed by atoms with van der Waals surface area (Å²) in [6.45, 7) is 8.58. The molecule has 0 aromatic heterocycles. The van der Waals surface area contributed by atoms with Crippen molar-refractivity contribution in [1.82, 2.24) is 0 Å². The predicted octanol–water partition coefficient (Wildman–Crippen LogP) is 1.32. The SMILES string of the molecule is CC(C)C1CC2[C@H](O)[C@H]3OC4C2(O)C(C(O)C1O)[C@]41CCCC(C)(C)[C@H]31. The van der Waals surface area contributed by atoms with Gasteiger partial charge in [0.2, 0.25) is 0 Å². The minimum Gasteiger partial charge on any atom is -0.390 e. The van der Waals surface area contributed by atoms with Gasteiger partial charge in [-0.1, -0.05) is 34.1 Å². The third kappa shape index (κ3) is 1.68. The van der Waals surface area contributed by atoms with Crippen molar-refractivity contribution in [3.05, 3.63) is 0 Å². The molecule has 3 aliphatic carbocycles. The van der Waals surface area contributed by atoms with Crippen molar-refractivity contribution >= 4 is 0 Å². The van der Waals surface area contributed by atoms with Gasteiger partial charge in [-0.25, -0.2) is 0 Å². The average molecular weight is 366 g/mol. The van der Waals surface area contributed by atoms with E-state index in [-0.39, 0.29) is 46.7 Å². The number of hydrogen-bond acceptors (Lipinski definition) is 5. The fourth-order valence-corrected chi connectivity index (χ4v) is 8.52. The highest BCUT2D eigenvalue weighted by Crippen LogP contribution is 2.79. The zero-order valence-corrected chi connectivity index (χ0v) is 16.3. The Bertz CT molecular complexity index is 620. The van der Waals surface area contributed by atoms with Gasteiger partial charge in [0.25, 0.3) is 0 Å². The van der Waals surface area contributed by atoms with Gasteiger partial charge in [-0.3, -0.25) is 0 Å². The monoisotopic (exact) mass is 366 g/mol. The van der Waals surface area contributed by atoms with Crippen LogP contribution >= 0.6 is 0 Å². The molecule has 2 bridgehead atoms. The molecule has 2 saturated heterocycles. The molecule has 0 aromatic rings. The molecule has 0 amide bonds. The van der Waals surface area contributed by atoms with Gasteiger partial charge in [0.15, 0.2) is 0 Å². The highest BCUT2D eigenvalue weighted by atomic mass is 16.5. The topological polar surface area (TPSA) is 90.2 Å². The van der Waals surface area contributed by atoms with Crippen molar-refractivity contribution in [1.29, 1.82) is 0 Å². The first-order valence-corrected chi connectivity index (χ1v) is 10.5. The summed E-state index contributed by atoms with van der Waals surface area (Å²) in [4.78, 5) is 0. The minimum absolute atomic E-state index is 0.00552. The van der Waals surface area contributed by atoms with Crippen LogP contribution in [0.25, 0.3) is 0 Å². The van der Waals surface area contributed by atoms with E-state index in [1.165, 1.54) is 0 Å². The molecule has 4 N–H and O–H groups in total. The van der Waals surface area contributed by atoms with Gasteiger partial charge >= 0.3 is 0 Å². The van der Waals surface area contributed by atoms with E-state index in [9.17, 15) is 20.4 Å². The van der Waals surface area contributed by atoms with Crippen LogP contribution < -0.4 is 0 Å². The Morgan fingerprint density at radius 2 is 1.65 bits per heavy atom. The summed E-state index contributed by atoms with van der Waals surface area (Å²) < 4.78 is 6.33. The van der Waals surface area contributed by atoms with Crippen LogP contribution in [0.5, 0.6) is 0 Å². The van der Waals surface area contributed by atoms with Crippen LogP contribution in [0.3, 0.4) is 0 Å². The Kier molecular flexibility index (Phi) is 3.46. The summed E-state index contributed by atoms with van der Waals surface area (Å²) in [7, 11) is 0. The third-order valence-corrected chi connectivity index (χ3v) is 9.31. The Balaban J connectivity index is 1.69. The first-order chi connectivity index (χ1) is 12.1. The van der Waals surface area contributed by atoms with Gasteiger partial charge in [-0.05, 0) is 36.5 Å². The van der Waals surface area contributed by atoms with E-state index in [1.807, 2.05) is 13.8 Å². The van der Waals surface area contributed by atoms with E-state index in [1.54, 1.807) is 0 Å². The molecular formula is C21H34O5. The molecule has 7 unspecified atom stereocenters. The van der Waals surface area contributed by atoms with E-state index in [2.05, 4.69) is 13.8 Å². The van der Waals surface area contributed by atoms with Gasteiger partial charge in [-0.15, -0.1) is 0 Å². The van der Waals surface area contributed by atoms with Crippen LogP contribution in [0.15, 0.2) is 0 Å². The van der Waals surface area contributed by atoms with E-state index in [0.717, 1.165) is 19.3 Å². The number of fused-ring (bicyclic) bond motifs is 2. The number of aliphatic hydroxyl groups is 4. The zero-order valence-electron chi connectivity index (χ0n) is 16.3. The normalized spacial score (nSPS) is 62.4. The van der Waals surface area contributed by atoms with Gasteiger partial charge in [0, 0.05) is 23.2 Å². The molecular weight excluding hydrogens is 332 g/mol. The van der Waals surface area contributed by atoms with Crippen molar-refractivity contribution in [3.63, 3.8) is 0 Å². The number of hydrogen-bond donors (Lipinski definition) is 4. The van der Waals surface area contributed by atoms with Crippen LogP contribution in [0.1, 0.15) is 53.4 Å². The van der Waals surface area contributed by atoms with Crippen LogP contribution in [0.4, 0.5) is 0 Å². The zero-order chi connectivity index (χ0) is 18.8. The Labute approximate surface area is 155 Å². The largest absolute Gasteiger partial charge is 0.390 e. The molecule has 2 aliphatic heterocycles. The van der Waals surface area contributed by atoms with Crippen molar-refractivity contribution in [2.75, 3.05) is 0 Å². The second-order valence-electron chi connectivity index (χ2n) is 11.0. The Hall–Kier alpha value is -0.200. The number of ether oxygens (including phenoxy) is 1. The van der Waals surface area contributed by atoms with Crippen molar-refractivity contribution in [2.45, 2.75) is 89.5 Å². The van der Waals surface area contributed by atoms with Crippen molar-refractivity contribution in [2.24, 2.45) is 40.4 Å². The molecule has 5 aliphatic rings. The highest BCUT2D eigenvalue weighted by Gasteiger charge is 2.87. The quantitative estimate of drug-likeness (QED) is 0.562. The van der Waals surface area contributed by atoms with Crippen LogP contribution in [-0.4, -0.2) is 56.5 Å². The molecule has 2 heterocycles. The van der Waals surface area contributed by atoms with E-state index >= 15 is 0 Å². The summed E-state index contributed by atoms with van der Waals surface area (Å²) in [6, 6.07) is 0. The van der Waals surface area contributed by atoms with Crippen molar-refractivity contribution in [3.8, 4) is 0 Å². The molecule has 148 valence electrons. The summed E-state index contributed by atoms with van der Waals surface area (Å²) in [5.74, 6) is -0.556. The first-order valence-electron chi connectivity index (χ1n) is 10.5.